The van der Waals surface area contributed by atoms with Crippen molar-refractivity contribution in [3.05, 3.63) is 58.4 Å². The first-order valence-corrected chi connectivity index (χ1v) is 8.31. The number of aryl methyl sites for hydroxylation is 2. The molecule has 25 heavy (non-hydrogen) atoms. The first kappa shape index (κ1) is 17.1. The molecule has 0 spiro atoms. The normalized spacial score (nSPS) is 16.6. The second-order valence-corrected chi connectivity index (χ2v) is 6.57. The Morgan fingerprint density at radius 1 is 1.08 bits per heavy atom. The van der Waals surface area contributed by atoms with Crippen molar-refractivity contribution in [2.75, 3.05) is 7.05 Å². The predicted molar refractivity (Wildman–Crippen MR) is 101 cm³/mol. The van der Waals surface area contributed by atoms with Crippen molar-refractivity contribution in [1.82, 2.24) is 14.8 Å². The maximum absolute atomic E-state index is 12.4. The molecule has 6 heteroatoms. The molecule has 1 aliphatic rings. The van der Waals surface area contributed by atoms with Crippen molar-refractivity contribution in [2.45, 2.75) is 20.8 Å². The highest BCUT2D eigenvalue weighted by atomic mass is 32.1. The Kier molecular flexibility index (Phi) is 4.30. The standard InChI is InChI=1S/C19H19N3O2S/c1-11-5-7-15(8-6-11)22-12(2)9-14(13(22)3)10-16-17(23)20-19(25)21(4)18(16)24/h5-10H,1-4H3,(H,20,23,25)/b16-10-. The summed E-state index contributed by atoms with van der Waals surface area (Å²) in [5.41, 5.74) is 5.14. The third-order valence-electron chi connectivity index (χ3n) is 4.37. The minimum Gasteiger partial charge on any atom is -0.318 e. The van der Waals surface area contributed by atoms with Gasteiger partial charge in [0.15, 0.2) is 5.11 Å². The highest BCUT2D eigenvalue weighted by molar-refractivity contribution is 7.80. The number of aromatic nitrogens is 1. The van der Waals surface area contributed by atoms with E-state index in [1.807, 2.05) is 26.8 Å². The maximum Gasteiger partial charge on any atom is 0.265 e. The van der Waals surface area contributed by atoms with Gasteiger partial charge in [-0.15, -0.1) is 0 Å². The van der Waals surface area contributed by atoms with E-state index in [9.17, 15) is 9.59 Å². The van der Waals surface area contributed by atoms with Crippen molar-refractivity contribution in [3.8, 4) is 5.69 Å². The summed E-state index contributed by atoms with van der Waals surface area (Å²) in [6.45, 7) is 6.01. The van der Waals surface area contributed by atoms with Crippen LogP contribution < -0.4 is 5.32 Å². The van der Waals surface area contributed by atoms with Crippen LogP contribution in [-0.2, 0) is 9.59 Å². The topological polar surface area (TPSA) is 54.3 Å². The largest absolute Gasteiger partial charge is 0.318 e. The number of carbonyl (C=O) groups is 2. The molecule has 1 aromatic carbocycles. The molecule has 0 atom stereocenters. The van der Waals surface area contributed by atoms with Crippen LogP contribution in [0.5, 0.6) is 0 Å². The number of likely N-dealkylation sites (N-methyl/N-ethyl adjacent to an activating group) is 1. The van der Waals surface area contributed by atoms with Crippen LogP contribution in [0.1, 0.15) is 22.5 Å². The van der Waals surface area contributed by atoms with Crippen molar-refractivity contribution in [3.63, 3.8) is 0 Å². The fourth-order valence-electron chi connectivity index (χ4n) is 2.93. The average molecular weight is 353 g/mol. The van der Waals surface area contributed by atoms with Crippen LogP contribution in [-0.4, -0.2) is 33.4 Å². The molecule has 128 valence electrons. The number of thiocarbonyl (C=S) groups is 1. The van der Waals surface area contributed by atoms with Gasteiger partial charge in [-0.05, 0) is 62.8 Å². The van der Waals surface area contributed by atoms with Gasteiger partial charge in [0.1, 0.15) is 5.57 Å². The summed E-state index contributed by atoms with van der Waals surface area (Å²) < 4.78 is 2.10. The lowest BCUT2D eigenvalue weighted by Gasteiger charge is -2.25. The molecule has 2 heterocycles. The van der Waals surface area contributed by atoms with Gasteiger partial charge in [-0.3, -0.25) is 19.8 Å². The lowest BCUT2D eigenvalue weighted by molar-refractivity contribution is -0.128. The van der Waals surface area contributed by atoms with E-state index in [0.29, 0.717) is 0 Å². The van der Waals surface area contributed by atoms with Gasteiger partial charge in [0.05, 0.1) is 0 Å². The highest BCUT2D eigenvalue weighted by Gasteiger charge is 2.31. The van der Waals surface area contributed by atoms with Gasteiger partial charge in [-0.1, -0.05) is 17.7 Å². The average Bonchev–Trinajstić information content (AvgIpc) is 2.84. The molecule has 1 N–H and O–H groups in total. The highest BCUT2D eigenvalue weighted by Crippen LogP contribution is 2.24. The predicted octanol–water partition coefficient (Wildman–Crippen LogP) is 2.66. The van der Waals surface area contributed by atoms with E-state index in [-0.39, 0.29) is 10.7 Å². The number of carbonyl (C=O) groups excluding carboxylic acids is 2. The number of nitrogens with one attached hydrogen (secondary N) is 1. The Hall–Kier alpha value is -2.73. The van der Waals surface area contributed by atoms with Gasteiger partial charge < -0.3 is 4.57 Å². The van der Waals surface area contributed by atoms with E-state index in [1.165, 1.54) is 10.5 Å². The molecular formula is C19H19N3O2S. The fraction of sp³-hybridized carbons (Fsp3) is 0.211. The SMILES string of the molecule is Cc1ccc(-n2c(C)cc(/C=C3/C(=O)NC(=S)N(C)C3=O)c2C)cc1. The summed E-state index contributed by atoms with van der Waals surface area (Å²) in [5, 5.41) is 2.65. The third-order valence-corrected chi connectivity index (χ3v) is 4.74. The van der Waals surface area contributed by atoms with E-state index in [1.54, 1.807) is 13.1 Å². The van der Waals surface area contributed by atoms with Crippen LogP contribution in [0.2, 0.25) is 0 Å². The zero-order chi connectivity index (χ0) is 18.3. The number of hydrogen-bond acceptors (Lipinski definition) is 3. The Morgan fingerprint density at radius 2 is 1.72 bits per heavy atom. The molecular weight excluding hydrogens is 334 g/mol. The van der Waals surface area contributed by atoms with Crippen LogP contribution in [0.4, 0.5) is 0 Å². The first-order valence-electron chi connectivity index (χ1n) is 7.90. The maximum atomic E-state index is 12.4. The molecule has 0 bridgehead atoms. The number of amides is 2. The van der Waals surface area contributed by atoms with E-state index >= 15 is 0 Å². The molecule has 0 radical (unpaired) electrons. The molecule has 0 unspecified atom stereocenters. The van der Waals surface area contributed by atoms with Gasteiger partial charge in [0, 0.05) is 24.1 Å². The second-order valence-electron chi connectivity index (χ2n) is 6.18. The molecule has 1 aliphatic heterocycles. The summed E-state index contributed by atoms with van der Waals surface area (Å²) in [5.74, 6) is -0.859. The van der Waals surface area contributed by atoms with Gasteiger partial charge in [-0.25, -0.2) is 0 Å². The zero-order valence-electron chi connectivity index (χ0n) is 14.6. The van der Waals surface area contributed by atoms with E-state index in [0.717, 1.165) is 22.6 Å². The molecule has 2 aromatic rings. The summed E-state index contributed by atoms with van der Waals surface area (Å²) in [6.07, 6.45) is 1.63. The Labute approximate surface area is 151 Å². The molecule has 1 aromatic heterocycles. The van der Waals surface area contributed by atoms with Crippen LogP contribution >= 0.6 is 12.2 Å². The summed E-state index contributed by atoms with van der Waals surface area (Å²) >= 11 is 4.97. The molecule has 1 fully saturated rings. The van der Waals surface area contributed by atoms with Crippen LogP contribution in [0.25, 0.3) is 11.8 Å². The van der Waals surface area contributed by atoms with Gasteiger partial charge in [0.2, 0.25) is 0 Å². The lowest BCUT2D eigenvalue weighted by atomic mass is 10.1. The molecule has 0 aliphatic carbocycles. The van der Waals surface area contributed by atoms with Gasteiger partial charge >= 0.3 is 0 Å². The monoisotopic (exact) mass is 353 g/mol. The van der Waals surface area contributed by atoms with E-state index in [2.05, 4.69) is 34.1 Å². The molecule has 3 rings (SSSR count). The van der Waals surface area contributed by atoms with E-state index in [4.69, 9.17) is 12.2 Å². The smallest absolute Gasteiger partial charge is 0.265 e. The van der Waals surface area contributed by atoms with Crippen molar-refractivity contribution >= 4 is 35.2 Å². The minimum atomic E-state index is -0.465. The number of nitrogens with zero attached hydrogens (tertiary/aromatic N) is 2. The van der Waals surface area contributed by atoms with Crippen LogP contribution in [0.15, 0.2) is 35.9 Å². The third kappa shape index (κ3) is 3.00. The second kappa shape index (κ2) is 6.29. The van der Waals surface area contributed by atoms with Gasteiger partial charge in [-0.2, -0.15) is 0 Å². The molecule has 0 saturated carbocycles. The quantitative estimate of drug-likeness (QED) is 0.513. The Balaban J connectivity index is 2.06. The Morgan fingerprint density at radius 3 is 2.36 bits per heavy atom. The molecule has 1 saturated heterocycles. The van der Waals surface area contributed by atoms with E-state index < -0.39 is 11.8 Å². The van der Waals surface area contributed by atoms with Crippen molar-refractivity contribution in [2.24, 2.45) is 0 Å². The van der Waals surface area contributed by atoms with Gasteiger partial charge in [0.25, 0.3) is 11.8 Å². The van der Waals surface area contributed by atoms with Crippen molar-refractivity contribution < 1.29 is 9.59 Å². The fourth-order valence-corrected chi connectivity index (χ4v) is 3.10. The minimum absolute atomic E-state index is 0.0836. The molecule has 5 nitrogen and oxygen atoms in total. The van der Waals surface area contributed by atoms with Crippen LogP contribution in [0, 0.1) is 20.8 Å². The van der Waals surface area contributed by atoms with Crippen LogP contribution in [0.3, 0.4) is 0 Å². The van der Waals surface area contributed by atoms with Crippen molar-refractivity contribution in [1.29, 1.82) is 0 Å². The summed E-state index contributed by atoms with van der Waals surface area (Å²) in [6, 6.07) is 10.2. The lowest BCUT2D eigenvalue weighted by Crippen LogP contribution is -2.52. The summed E-state index contributed by atoms with van der Waals surface area (Å²) in [4.78, 5) is 25.8. The Bertz CT molecular complexity index is 923. The summed E-state index contributed by atoms with van der Waals surface area (Å²) in [7, 11) is 1.55. The first-order chi connectivity index (χ1) is 11.8. The number of hydrogen-bond donors (Lipinski definition) is 1. The molecule has 2 amide bonds. The number of rotatable bonds is 2. The number of benzene rings is 1. The zero-order valence-corrected chi connectivity index (χ0v) is 15.4.